The summed E-state index contributed by atoms with van der Waals surface area (Å²) in [5, 5.41) is 15.3. The van der Waals surface area contributed by atoms with E-state index >= 15 is 0 Å². The fourth-order valence-electron chi connectivity index (χ4n) is 1.43. The smallest absolute Gasteiger partial charge is 0.207 e. The first-order chi connectivity index (χ1) is 10.9. The number of nitrogens with one attached hydrogen (secondary N) is 2. The maximum atomic E-state index is 9.65. The Kier molecular flexibility index (Phi) is 11.7. The van der Waals surface area contributed by atoms with Crippen molar-refractivity contribution in [2.24, 2.45) is 0 Å². The zero-order valence-corrected chi connectivity index (χ0v) is 14.7. The topological polar surface area (TPSA) is 79.8 Å². The molecule has 1 amide bonds. The van der Waals surface area contributed by atoms with Gasteiger partial charge >= 0.3 is 0 Å². The van der Waals surface area contributed by atoms with Crippen LogP contribution in [0, 0.1) is 0 Å². The summed E-state index contributed by atoms with van der Waals surface area (Å²) in [4.78, 5) is 9.50. The molecule has 132 valence electrons. The lowest BCUT2D eigenvalue weighted by Crippen LogP contribution is -2.35. The average molecular weight is 326 g/mol. The number of hydrogen-bond donors (Lipinski definition) is 3. The van der Waals surface area contributed by atoms with Crippen LogP contribution in [0.15, 0.2) is 24.3 Å². The van der Waals surface area contributed by atoms with Crippen molar-refractivity contribution in [1.29, 1.82) is 0 Å². The van der Waals surface area contributed by atoms with Gasteiger partial charge in [0.25, 0.3) is 0 Å². The number of carbonyl (C=O) groups is 1. The lowest BCUT2D eigenvalue weighted by Gasteiger charge is -2.15. The fraction of sp³-hybridized carbons (Fsp3) is 0.588. The van der Waals surface area contributed by atoms with Crippen LogP contribution < -0.4 is 20.1 Å². The summed E-state index contributed by atoms with van der Waals surface area (Å²) < 4.78 is 10.5. The van der Waals surface area contributed by atoms with E-state index in [4.69, 9.17) is 9.47 Å². The minimum Gasteiger partial charge on any atom is -0.497 e. The SMILES string of the molecule is CC(C)NC=O.COc1ccc(OCC(O)CNC(C)C)cc1. The summed E-state index contributed by atoms with van der Waals surface area (Å²) >= 11 is 0. The zero-order valence-electron chi connectivity index (χ0n) is 14.7. The Labute approximate surface area is 139 Å². The minimum atomic E-state index is -0.500. The van der Waals surface area contributed by atoms with Gasteiger partial charge in [0.2, 0.25) is 6.41 Å². The second-order valence-corrected chi connectivity index (χ2v) is 5.64. The molecule has 23 heavy (non-hydrogen) atoms. The molecule has 1 aromatic rings. The lowest BCUT2D eigenvalue weighted by atomic mass is 10.3. The molecule has 0 fully saturated rings. The number of aliphatic hydroxyl groups excluding tert-OH is 1. The zero-order chi connectivity index (χ0) is 17.7. The number of carbonyl (C=O) groups excluding carboxylic acids is 1. The van der Waals surface area contributed by atoms with Crippen LogP contribution >= 0.6 is 0 Å². The molecular weight excluding hydrogens is 296 g/mol. The Hall–Kier alpha value is -1.79. The van der Waals surface area contributed by atoms with E-state index in [9.17, 15) is 9.90 Å². The van der Waals surface area contributed by atoms with E-state index in [0.717, 1.165) is 11.5 Å². The average Bonchev–Trinajstić information content (AvgIpc) is 2.52. The molecule has 6 nitrogen and oxygen atoms in total. The Morgan fingerprint density at radius 1 is 1.09 bits per heavy atom. The van der Waals surface area contributed by atoms with Crippen molar-refractivity contribution in [1.82, 2.24) is 10.6 Å². The molecule has 0 bridgehead atoms. The Morgan fingerprint density at radius 3 is 2.04 bits per heavy atom. The second-order valence-electron chi connectivity index (χ2n) is 5.64. The van der Waals surface area contributed by atoms with Gasteiger partial charge in [-0.2, -0.15) is 0 Å². The molecule has 0 saturated heterocycles. The molecule has 1 unspecified atom stereocenters. The summed E-state index contributed by atoms with van der Waals surface area (Å²) in [6.45, 7) is 8.72. The number of rotatable bonds is 9. The fourth-order valence-corrected chi connectivity index (χ4v) is 1.43. The quantitative estimate of drug-likeness (QED) is 0.600. The molecule has 0 aliphatic rings. The van der Waals surface area contributed by atoms with Crippen molar-refractivity contribution in [3.8, 4) is 11.5 Å². The lowest BCUT2D eigenvalue weighted by molar-refractivity contribution is -0.109. The van der Waals surface area contributed by atoms with Crippen molar-refractivity contribution < 1.29 is 19.4 Å². The molecule has 1 atom stereocenters. The highest BCUT2D eigenvalue weighted by molar-refractivity contribution is 5.46. The van der Waals surface area contributed by atoms with E-state index in [0.29, 0.717) is 19.0 Å². The predicted molar refractivity (Wildman–Crippen MR) is 92.0 cm³/mol. The van der Waals surface area contributed by atoms with Gasteiger partial charge in [-0.25, -0.2) is 0 Å². The van der Waals surface area contributed by atoms with Crippen LogP contribution in [0.4, 0.5) is 0 Å². The van der Waals surface area contributed by atoms with Gasteiger partial charge in [-0.1, -0.05) is 13.8 Å². The highest BCUT2D eigenvalue weighted by atomic mass is 16.5. The van der Waals surface area contributed by atoms with Gasteiger partial charge < -0.3 is 25.2 Å². The Morgan fingerprint density at radius 2 is 1.65 bits per heavy atom. The number of benzene rings is 1. The van der Waals surface area contributed by atoms with Crippen LogP contribution in [0.2, 0.25) is 0 Å². The van der Waals surface area contributed by atoms with E-state index in [1.165, 1.54) is 0 Å². The molecule has 0 heterocycles. The summed E-state index contributed by atoms with van der Waals surface area (Å²) in [5.41, 5.74) is 0. The van der Waals surface area contributed by atoms with Crippen LogP contribution in [0.25, 0.3) is 0 Å². The van der Waals surface area contributed by atoms with Gasteiger partial charge in [0.15, 0.2) is 0 Å². The van der Waals surface area contributed by atoms with Gasteiger partial charge in [-0.3, -0.25) is 4.79 Å². The Bertz CT molecular complexity index is 408. The van der Waals surface area contributed by atoms with E-state index in [1.54, 1.807) is 7.11 Å². The summed E-state index contributed by atoms with van der Waals surface area (Å²) in [7, 11) is 1.62. The number of methoxy groups -OCH3 is 1. The first kappa shape index (κ1) is 21.2. The molecule has 0 aliphatic carbocycles. The molecule has 6 heteroatoms. The Balaban J connectivity index is 0.000000688. The summed E-state index contributed by atoms with van der Waals surface area (Å²) in [6, 6.07) is 7.94. The van der Waals surface area contributed by atoms with Gasteiger partial charge in [0.1, 0.15) is 24.2 Å². The van der Waals surface area contributed by atoms with E-state index < -0.39 is 6.10 Å². The third-order valence-electron chi connectivity index (χ3n) is 2.66. The van der Waals surface area contributed by atoms with Gasteiger partial charge in [0.05, 0.1) is 7.11 Å². The van der Waals surface area contributed by atoms with Gasteiger partial charge in [-0.15, -0.1) is 0 Å². The molecule has 0 aromatic heterocycles. The molecule has 0 radical (unpaired) electrons. The molecule has 1 rings (SSSR count). The number of hydrogen-bond acceptors (Lipinski definition) is 5. The third kappa shape index (κ3) is 12.4. The monoisotopic (exact) mass is 326 g/mol. The van der Waals surface area contributed by atoms with E-state index in [-0.39, 0.29) is 12.6 Å². The van der Waals surface area contributed by atoms with Crippen LogP contribution in [-0.4, -0.2) is 50.0 Å². The third-order valence-corrected chi connectivity index (χ3v) is 2.66. The molecule has 0 saturated carbocycles. The molecule has 0 aliphatic heterocycles. The standard InChI is InChI=1S/C13H21NO3.C4H9NO/c1-10(2)14-8-11(15)9-17-13-6-4-12(16-3)5-7-13;1-4(2)5-3-6/h4-7,10-11,14-15H,8-9H2,1-3H3;3-4H,1-2H3,(H,5,6). The highest BCUT2D eigenvalue weighted by Gasteiger charge is 2.05. The number of amides is 1. The minimum absolute atomic E-state index is 0.280. The first-order valence-electron chi connectivity index (χ1n) is 7.77. The van der Waals surface area contributed by atoms with Gasteiger partial charge in [-0.05, 0) is 38.1 Å². The summed E-state index contributed by atoms with van der Waals surface area (Å²) in [6.07, 6.45) is 0.199. The molecule has 0 spiro atoms. The molecule has 3 N–H and O–H groups in total. The maximum Gasteiger partial charge on any atom is 0.207 e. The van der Waals surface area contributed by atoms with Crippen molar-refractivity contribution in [3.63, 3.8) is 0 Å². The molecular formula is C17H30N2O4. The summed E-state index contributed by atoms with van der Waals surface area (Å²) in [5.74, 6) is 1.52. The second kappa shape index (κ2) is 12.7. The number of ether oxygens (including phenoxy) is 2. The van der Waals surface area contributed by atoms with Crippen molar-refractivity contribution in [2.75, 3.05) is 20.3 Å². The first-order valence-corrected chi connectivity index (χ1v) is 7.77. The molecule has 1 aromatic carbocycles. The van der Waals surface area contributed by atoms with Crippen molar-refractivity contribution in [2.45, 2.75) is 45.9 Å². The number of aliphatic hydroxyl groups is 1. The van der Waals surface area contributed by atoms with Gasteiger partial charge in [0, 0.05) is 18.6 Å². The highest BCUT2D eigenvalue weighted by Crippen LogP contribution is 2.16. The maximum absolute atomic E-state index is 9.65. The largest absolute Gasteiger partial charge is 0.497 e. The van der Waals surface area contributed by atoms with Crippen LogP contribution in [0.1, 0.15) is 27.7 Å². The van der Waals surface area contributed by atoms with Crippen LogP contribution in [0.3, 0.4) is 0 Å². The van der Waals surface area contributed by atoms with Crippen LogP contribution in [0.5, 0.6) is 11.5 Å². The van der Waals surface area contributed by atoms with E-state index in [2.05, 4.69) is 10.6 Å². The van der Waals surface area contributed by atoms with E-state index in [1.807, 2.05) is 52.0 Å². The normalized spacial score (nSPS) is 11.5. The van der Waals surface area contributed by atoms with Crippen molar-refractivity contribution in [3.05, 3.63) is 24.3 Å². The van der Waals surface area contributed by atoms with Crippen LogP contribution in [-0.2, 0) is 4.79 Å². The van der Waals surface area contributed by atoms with Crippen molar-refractivity contribution >= 4 is 6.41 Å². The predicted octanol–water partition coefficient (Wildman–Crippen LogP) is 1.57.